The summed E-state index contributed by atoms with van der Waals surface area (Å²) in [6.45, 7) is 5.64. The van der Waals surface area contributed by atoms with E-state index in [1.54, 1.807) is 10.7 Å². The van der Waals surface area contributed by atoms with Crippen molar-refractivity contribution in [3.63, 3.8) is 0 Å². The predicted molar refractivity (Wildman–Crippen MR) is 137 cm³/mol. The number of morpholine rings is 1. The number of hydrogen-bond donors (Lipinski definition) is 1. The molecule has 5 rings (SSSR count). The van der Waals surface area contributed by atoms with E-state index in [2.05, 4.69) is 10.4 Å². The molecule has 0 atom stereocenters. The summed E-state index contributed by atoms with van der Waals surface area (Å²) in [5, 5.41) is 7.97. The number of aromatic nitrogens is 3. The Morgan fingerprint density at radius 1 is 1.17 bits per heavy atom. The number of carbonyl (C=O) groups excluding carboxylic acids is 1. The highest BCUT2D eigenvalue weighted by Crippen LogP contribution is 2.33. The number of hydrogen-bond acceptors (Lipinski definition) is 8. The van der Waals surface area contributed by atoms with Crippen molar-refractivity contribution < 1.29 is 22.7 Å². The first-order valence-corrected chi connectivity index (χ1v) is 13.7. The van der Waals surface area contributed by atoms with Gasteiger partial charge < -0.3 is 14.8 Å². The molecule has 188 valence electrons. The zero-order valence-corrected chi connectivity index (χ0v) is 21.4. The molecule has 36 heavy (non-hydrogen) atoms. The third-order valence-electron chi connectivity index (χ3n) is 5.65. The molecule has 0 radical (unpaired) electrons. The van der Waals surface area contributed by atoms with Gasteiger partial charge in [-0.15, -0.1) is 0 Å². The van der Waals surface area contributed by atoms with Crippen LogP contribution in [0.5, 0.6) is 5.75 Å². The number of aryl methyl sites for hydroxylation is 1. The molecule has 2 aromatic carbocycles. The number of carbonyl (C=O) groups is 1. The van der Waals surface area contributed by atoms with Crippen LogP contribution in [0.25, 0.3) is 15.3 Å². The van der Waals surface area contributed by atoms with Crippen molar-refractivity contribution in [2.75, 3.05) is 38.2 Å². The van der Waals surface area contributed by atoms with Crippen LogP contribution in [0.2, 0.25) is 0 Å². The number of thiazole rings is 1. The Hall–Kier alpha value is -3.32. The topological polar surface area (TPSA) is 116 Å². The van der Waals surface area contributed by atoms with E-state index in [4.69, 9.17) is 14.5 Å². The van der Waals surface area contributed by atoms with Gasteiger partial charge in [0.25, 0.3) is 5.91 Å². The van der Waals surface area contributed by atoms with Crippen molar-refractivity contribution in [2.45, 2.75) is 18.7 Å². The third kappa shape index (κ3) is 4.72. The molecule has 1 aliphatic rings. The number of ether oxygens (including phenoxy) is 2. The molecule has 12 heteroatoms. The van der Waals surface area contributed by atoms with Gasteiger partial charge in [0.15, 0.2) is 0 Å². The van der Waals surface area contributed by atoms with Crippen LogP contribution < -0.4 is 10.1 Å². The Kier molecular flexibility index (Phi) is 6.75. The lowest BCUT2D eigenvalue weighted by molar-refractivity contribution is 0.0730. The molecule has 0 spiro atoms. The summed E-state index contributed by atoms with van der Waals surface area (Å²) >= 11 is 1.44. The Labute approximate surface area is 212 Å². The second-order valence-corrected chi connectivity index (χ2v) is 11.1. The van der Waals surface area contributed by atoms with E-state index in [1.807, 2.05) is 32.0 Å². The fourth-order valence-corrected chi connectivity index (χ4v) is 6.27. The van der Waals surface area contributed by atoms with Crippen molar-refractivity contribution in [1.82, 2.24) is 19.1 Å². The number of fused-ring (bicyclic) bond motifs is 1. The van der Waals surface area contributed by atoms with Gasteiger partial charge in [-0.3, -0.25) is 4.79 Å². The summed E-state index contributed by atoms with van der Waals surface area (Å²) in [6, 6.07) is 13.4. The van der Waals surface area contributed by atoms with Crippen LogP contribution >= 0.6 is 11.3 Å². The molecule has 0 unspecified atom stereocenters. The van der Waals surface area contributed by atoms with Crippen LogP contribution in [0.1, 0.15) is 23.0 Å². The van der Waals surface area contributed by atoms with E-state index < -0.39 is 10.0 Å². The zero-order valence-electron chi connectivity index (χ0n) is 19.8. The Bertz CT molecular complexity index is 1510. The van der Waals surface area contributed by atoms with Gasteiger partial charge in [0.05, 0.1) is 35.1 Å². The lowest BCUT2D eigenvalue weighted by Crippen LogP contribution is -2.40. The van der Waals surface area contributed by atoms with Crippen LogP contribution in [0.15, 0.2) is 53.4 Å². The second kappa shape index (κ2) is 9.97. The van der Waals surface area contributed by atoms with Crippen LogP contribution in [0.4, 0.5) is 5.82 Å². The highest BCUT2D eigenvalue weighted by atomic mass is 32.2. The van der Waals surface area contributed by atoms with Crippen LogP contribution in [0.3, 0.4) is 0 Å². The predicted octanol–water partition coefficient (Wildman–Crippen LogP) is 3.46. The van der Waals surface area contributed by atoms with Gasteiger partial charge >= 0.3 is 0 Å². The van der Waals surface area contributed by atoms with Crippen molar-refractivity contribution >= 4 is 43.3 Å². The number of nitrogens with zero attached hydrogens (tertiary/aromatic N) is 4. The molecule has 0 saturated carbocycles. The zero-order chi connectivity index (χ0) is 25.3. The summed E-state index contributed by atoms with van der Waals surface area (Å²) in [6.07, 6.45) is 0. The van der Waals surface area contributed by atoms with Crippen molar-refractivity contribution in [3.05, 3.63) is 59.8 Å². The van der Waals surface area contributed by atoms with Crippen molar-refractivity contribution in [1.29, 1.82) is 0 Å². The molecule has 1 saturated heterocycles. The molecule has 1 fully saturated rings. The Morgan fingerprint density at radius 2 is 1.92 bits per heavy atom. The maximum atomic E-state index is 13.0. The monoisotopic (exact) mass is 527 g/mol. The molecular weight excluding hydrogens is 502 g/mol. The molecule has 1 amide bonds. The van der Waals surface area contributed by atoms with Gasteiger partial charge in [-0.1, -0.05) is 17.4 Å². The van der Waals surface area contributed by atoms with Gasteiger partial charge in [0.2, 0.25) is 15.2 Å². The largest absolute Gasteiger partial charge is 0.492 e. The van der Waals surface area contributed by atoms with Crippen LogP contribution in [-0.2, 0) is 14.8 Å². The summed E-state index contributed by atoms with van der Waals surface area (Å²) < 4.78 is 40.5. The number of amides is 1. The van der Waals surface area contributed by atoms with Crippen molar-refractivity contribution in [2.24, 2.45) is 0 Å². The summed E-state index contributed by atoms with van der Waals surface area (Å²) in [7, 11) is -3.63. The molecule has 0 bridgehead atoms. The quantitative estimate of drug-likeness (QED) is 0.391. The SMILES string of the molecule is CCOc1cccc2sc(-n3nc(C)cc3NC(=O)c3ccc(S(=O)(=O)N4CCOCC4)cc3)nc12. The number of rotatable bonds is 7. The third-order valence-corrected chi connectivity index (χ3v) is 8.56. The fraction of sp³-hybridized carbons (Fsp3) is 0.292. The number of benzene rings is 2. The first-order valence-electron chi connectivity index (χ1n) is 11.5. The first kappa shape index (κ1) is 24.4. The highest BCUT2D eigenvalue weighted by molar-refractivity contribution is 7.89. The van der Waals surface area contributed by atoms with E-state index in [-0.39, 0.29) is 10.8 Å². The summed E-state index contributed by atoms with van der Waals surface area (Å²) in [4.78, 5) is 17.9. The van der Waals surface area contributed by atoms with Gasteiger partial charge in [0, 0.05) is 24.7 Å². The van der Waals surface area contributed by atoms with E-state index in [1.165, 1.54) is 39.9 Å². The van der Waals surface area contributed by atoms with E-state index in [0.717, 1.165) is 10.2 Å². The van der Waals surface area contributed by atoms with E-state index >= 15 is 0 Å². The number of para-hydroxylation sites is 1. The molecular formula is C24H25N5O5S2. The normalized spacial score (nSPS) is 14.7. The molecule has 1 N–H and O–H groups in total. The standard InChI is InChI=1S/C24H25N5O5S2/c1-3-34-19-5-4-6-20-22(19)26-24(35-20)29-21(15-16(2)27-29)25-23(30)17-7-9-18(10-8-17)36(31,32)28-11-13-33-14-12-28/h4-10,15H,3,11-14H2,1-2H3,(H,25,30). The maximum absolute atomic E-state index is 13.0. The number of nitrogens with one attached hydrogen (secondary N) is 1. The summed E-state index contributed by atoms with van der Waals surface area (Å²) in [5.74, 6) is 0.765. The number of anilines is 1. The molecule has 2 aromatic heterocycles. The summed E-state index contributed by atoms with van der Waals surface area (Å²) in [5.41, 5.74) is 1.77. The lowest BCUT2D eigenvalue weighted by Gasteiger charge is -2.26. The minimum absolute atomic E-state index is 0.140. The Balaban J connectivity index is 1.38. The second-order valence-electron chi connectivity index (χ2n) is 8.11. The minimum Gasteiger partial charge on any atom is -0.492 e. The molecule has 10 nitrogen and oxygen atoms in total. The smallest absolute Gasteiger partial charge is 0.256 e. The minimum atomic E-state index is -3.63. The van der Waals surface area contributed by atoms with Gasteiger partial charge in [-0.05, 0) is 50.2 Å². The molecule has 0 aliphatic carbocycles. The van der Waals surface area contributed by atoms with Crippen LogP contribution in [0, 0.1) is 6.92 Å². The lowest BCUT2D eigenvalue weighted by atomic mass is 10.2. The average molecular weight is 528 g/mol. The maximum Gasteiger partial charge on any atom is 0.256 e. The molecule has 4 aromatic rings. The number of sulfonamides is 1. The van der Waals surface area contributed by atoms with Crippen molar-refractivity contribution in [3.8, 4) is 10.9 Å². The highest BCUT2D eigenvalue weighted by Gasteiger charge is 2.26. The first-order chi connectivity index (χ1) is 17.4. The molecule has 3 heterocycles. The van der Waals surface area contributed by atoms with Gasteiger partial charge in [-0.25, -0.2) is 13.4 Å². The van der Waals surface area contributed by atoms with E-state index in [0.29, 0.717) is 60.9 Å². The van der Waals surface area contributed by atoms with Gasteiger partial charge in [0.1, 0.15) is 17.1 Å². The van der Waals surface area contributed by atoms with E-state index in [9.17, 15) is 13.2 Å². The van der Waals surface area contributed by atoms with Crippen LogP contribution in [-0.4, -0.2) is 66.3 Å². The fourth-order valence-electron chi connectivity index (χ4n) is 3.91. The van der Waals surface area contributed by atoms with Gasteiger partial charge in [-0.2, -0.15) is 14.1 Å². The molecule has 1 aliphatic heterocycles. The Morgan fingerprint density at radius 3 is 2.64 bits per heavy atom. The average Bonchev–Trinajstić information content (AvgIpc) is 3.48.